The average Bonchev–Trinajstić information content (AvgIpc) is 3.76. The van der Waals surface area contributed by atoms with E-state index in [2.05, 4.69) is 40.6 Å². The van der Waals surface area contributed by atoms with Gasteiger partial charge in [0.1, 0.15) is 12.3 Å². The summed E-state index contributed by atoms with van der Waals surface area (Å²) < 4.78 is 6.62. The van der Waals surface area contributed by atoms with E-state index >= 15 is 0 Å². The lowest BCUT2D eigenvalue weighted by Crippen LogP contribution is -2.57. The van der Waals surface area contributed by atoms with Gasteiger partial charge in [0.2, 0.25) is 5.91 Å². The van der Waals surface area contributed by atoms with Crippen molar-refractivity contribution in [2.45, 2.75) is 95.7 Å². The first-order chi connectivity index (χ1) is 21.1. The van der Waals surface area contributed by atoms with E-state index in [4.69, 9.17) is 4.74 Å². The highest BCUT2D eigenvalue weighted by atomic mass is 16.5. The number of aryl methyl sites for hydroxylation is 1. The van der Waals surface area contributed by atoms with Crippen molar-refractivity contribution >= 4 is 28.3 Å². The topological polar surface area (TPSA) is 74.8 Å². The highest BCUT2D eigenvalue weighted by Gasteiger charge is 2.48. The molecule has 1 N–H and O–H groups in total. The van der Waals surface area contributed by atoms with Crippen molar-refractivity contribution in [3.05, 3.63) is 66.0 Å². The Balaban J connectivity index is 1.12. The molecule has 1 spiro atoms. The van der Waals surface area contributed by atoms with Gasteiger partial charge in [-0.1, -0.05) is 49.9 Å². The van der Waals surface area contributed by atoms with Crippen LogP contribution in [0.25, 0.3) is 10.8 Å². The molecule has 2 saturated carbocycles. The van der Waals surface area contributed by atoms with Gasteiger partial charge in [0.05, 0.1) is 5.69 Å². The molecule has 1 aromatic heterocycles. The van der Waals surface area contributed by atoms with Crippen molar-refractivity contribution in [1.82, 2.24) is 14.8 Å². The van der Waals surface area contributed by atoms with Crippen LogP contribution in [0.3, 0.4) is 0 Å². The number of hydrogen-bond acceptors (Lipinski definition) is 5. The summed E-state index contributed by atoms with van der Waals surface area (Å²) in [6, 6.07) is 14.8. The fraction of sp³-hybridized carbons (Fsp3) is 0.528. The van der Waals surface area contributed by atoms with E-state index in [9.17, 15) is 9.59 Å². The van der Waals surface area contributed by atoms with Crippen molar-refractivity contribution in [3.63, 3.8) is 0 Å². The Morgan fingerprint density at radius 1 is 0.953 bits per heavy atom. The molecule has 3 fully saturated rings. The fourth-order valence-electron chi connectivity index (χ4n) is 8.34. The predicted molar refractivity (Wildman–Crippen MR) is 169 cm³/mol. The Morgan fingerprint density at radius 2 is 1.77 bits per heavy atom. The molecule has 226 valence electrons. The molecule has 2 aromatic carbocycles. The number of aromatic nitrogens is 1. The van der Waals surface area contributed by atoms with E-state index in [-0.39, 0.29) is 29.8 Å². The molecule has 7 nitrogen and oxygen atoms in total. The smallest absolute Gasteiger partial charge is 0.264 e. The molecule has 2 aliphatic carbocycles. The number of anilines is 1. The number of benzene rings is 2. The number of likely N-dealkylation sites (tertiary alicyclic amines) is 1. The molecule has 7 rings (SSSR count). The number of ether oxygens (including phenoxy) is 1. The van der Waals surface area contributed by atoms with Crippen LogP contribution >= 0.6 is 0 Å². The van der Waals surface area contributed by atoms with Crippen LogP contribution in [0.4, 0.5) is 5.69 Å². The maximum Gasteiger partial charge on any atom is 0.264 e. The van der Waals surface area contributed by atoms with Crippen molar-refractivity contribution in [1.29, 1.82) is 0 Å². The van der Waals surface area contributed by atoms with Gasteiger partial charge in [-0.05, 0) is 91.5 Å². The van der Waals surface area contributed by atoms with Crippen LogP contribution in [-0.2, 0) is 22.6 Å². The van der Waals surface area contributed by atoms with E-state index in [0.29, 0.717) is 13.0 Å². The first-order valence-corrected chi connectivity index (χ1v) is 16.5. The minimum Gasteiger partial charge on any atom is -0.478 e. The Kier molecular flexibility index (Phi) is 7.98. The van der Waals surface area contributed by atoms with Crippen LogP contribution in [0.1, 0.15) is 81.8 Å². The normalized spacial score (nSPS) is 22.7. The number of para-hydroxylation sites is 1. The van der Waals surface area contributed by atoms with Gasteiger partial charge in [-0.2, -0.15) is 0 Å². The molecule has 0 bridgehead atoms. The summed E-state index contributed by atoms with van der Waals surface area (Å²) in [5.74, 6) is 0.890. The largest absolute Gasteiger partial charge is 0.478 e. The second-order valence-electron chi connectivity index (χ2n) is 13.2. The van der Waals surface area contributed by atoms with Gasteiger partial charge in [-0.15, -0.1) is 0 Å². The molecule has 2 atom stereocenters. The number of carbonyl (C=O) groups is 2. The van der Waals surface area contributed by atoms with Gasteiger partial charge in [0.25, 0.3) is 5.91 Å². The van der Waals surface area contributed by atoms with Crippen molar-refractivity contribution < 1.29 is 14.3 Å². The molecule has 0 radical (unpaired) electrons. The molecule has 1 saturated heterocycles. The van der Waals surface area contributed by atoms with Crippen LogP contribution in [0, 0.1) is 5.41 Å². The summed E-state index contributed by atoms with van der Waals surface area (Å²) in [7, 11) is 0. The number of hydrogen-bond donors (Lipinski definition) is 1. The van der Waals surface area contributed by atoms with E-state index in [1.54, 1.807) is 0 Å². The minimum absolute atomic E-state index is 0.00760. The Morgan fingerprint density at radius 3 is 2.60 bits per heavy atom. The third-order valence-corrected chi connectivity index (χ3v) is 10.6. The molecule has 7 heteroatoms. The number of pyridine rings is 1. The van der Waals surface area contributed by atoms with Crippen molar-refractivity contribution in [2.75, 3.05) is 25.0 Å². The van der Waals surface area contributed by atoms with Gasteiger partial charge in [-0.3, -0.25) is 14.6 Å². The Labute approximate surface area is 255 Å². The standard InChI is InChI=1S/C36H44N4O3/c41-33(39-20-5-6-21-39)25-40(32-10-1-2-16-36(32)17-3-4-18-36)35(42)31-14-13-28-8-7-9-30(34(28)43-31)38-23-26-11-12-27-15-19-37-24-29(27)22-26/h7-9,11-12,15,19,22,24,31-32,38H,1-6,10,13-14,16-18,20-21,23,25H2/t31-,32?/m0/s1. The second-order valence-corrected chi connectivity index (χ2v) is 13.2. The quantitative estimate of drug-likeness (QED) is 0.346. The third kappa shape index (κ3) is 5.71. The van der Waals surface area contributed by atoms with Crippen LogP contribution in [0.2, 0.25) is 0 Å². The molecule has 43 heavy (non-hydrogen) atoms. The first kappa shape index (κ1) is 28.2. The predicted octanol–water partition coefficient (Wildman–Crippen LogP) is 6.49. The van der Waals surface area contributed by atoms with E-state index < -0.39 is 6.10 Å². The summed E-state index contributed by atoms with van der Waals surface area (Å²) in [5.41, 5.74) is 3.35. The third-order valence-electron chi connectivity index (χ3n) is 10.6. The summed E-state index contributed by atoms with van der Waals surface area (Å²) in [4.78, 5) is 36.3. The molecule has 2 aliphatic heterocycles. The lowest BCUT2D eigenvalue weighted by atomic mass is 9.68. The number of carbonyl (C=O) groups excluding carboxylic acids is 2. The number of fused-ring (bicyclic) bond motifs is 2. The van der Waals surface area contributed by atoms with Gasteiger partial charge in [0, 0.05) is 43.5 Å². The van der Waals surface area contributed by atoms with Gasteiger partial charge in [-0.25, -0.2) is 0 Å². The summed E-state index contributed by atoms with van der Waals surface area (Å²) in [6.07, 6.45) is 16.0. The fourth-order valence-corrected chi connectivity index (χ4v) is 8.34. The van der Waals surface area contributed by atoms with Crippen LogP contribution in [-0.4, -0.2) is 58.4 Å². The molecule has 4 aliphatic rings. The van der Waals surface area contributed by atoms with E-state index in [1.807, 2.05) is 34.3 Å². The minimum atomic E-state index is -0.575. The van der Waals surface area contributed by atoms with Crippen LogP contribution < -0.4 is 10.1 Å². The zero-order valence-corrected chi connectivity index (χ0v) is 25.2. The van der Waals surface area contributed by atoms with Crippen molar-refractivity contribution in [3.8, 4) is 5.75 Å². The van der Waals surface area contributed by atoms with E-state index in [0.717, 1.165) is 73.1 Å². The van der Waals surface area contributed by atoms with Crippen LogP contribution in [0.15, 0.2) is 54.9 Å². The molecular weight excluding hydrogens is 536 g/mol. The van der Waals surface area contributed by atoms with Gasteiger partial charge < -0.3 is 19.9 Å². The average molecular weight is 581 g/mol. The second kappa shape index (κ2) is 12.2. The molecule has 3 aromatic rings. The maximum atomic E-state index is 14.5. The lowest BCUT2D eigenvalue weighted by molar-refractivity contribution is -0.152. The monoisotopic (exact) mass is 580 g/mol. The van der Waals surface area contributed by atoms with Gasteiger partial charge in [0.15, 0.2) is 6.10 Å². The summed E-state index contributed by atoms with van der Waals surface area (Å²) >= 11 is 0. The molecule has 2 amide bonds. The van der Waals surface area contributed by atoms with Crippen molar-refractivity contribution in [2.24, 2.45) is 5.41 Å². The van der Waals surface area contributed by atoms with E-state index in [1.165, 1.54) is 43.9 Å². The number of rotatable bonds is 7. The number of amides is 2. The summed E-state index contributed by atoms with van der Waals surface area (Å²) in [6.45, 7) is 2.46. The number of nitrogens with one attached hydrogen (secondary N) is 1. The Bertz CT molecular complexity index is 1480. The Hall–Kier alpha value is -3.61. The molecule has 3 heterocycles. The van der Waals surface area contributed by atoms with Crippen LogP contribution in [0.5, 0.6) is 5.75 Å². The molecule has 1 unspecified atom stereocenters. The lowest BCUT2D eigenvalue weighted by Gasteiger charge is -2.48. The van der Waals surface area contributed by atoms with Gasteiger partial charge >= 0.3 is 0 Å². The molecular formula is C36H44N4O3. The highest BCUT2D eigenvalue weighted by Crippen LogP contribution is 2.51. The number of nitrogens with zero attached hydrogens (tertiary/aromatic N) is 3. The zero-order chi connectivity index (χ0) is 29.2. The first-order valence-electron chi connectivity index (χ1n) is 16.5. The summed E-state index contributed by atoms with van der Waals surface area (Å²) in [5, 5.41) is 5.87. The maximum absolute atomic E-state index is 14.5. The highest BCUT2D eigenvalue weighted by molar-refractivity contribution is 5.88. The SMILES string of the molecule is O=C(CN(C(=O)[C@@H]1CCc2cccc(NCc3ccc4ccncc4c3)c2O1)C1CCCCC12CCCC2)N1CCCC1. The zero-order valence-electron chi connectivity index (χ0n) is 25.2.